The Hall–Kier alpha value is -1.38. The molecule has 4 rings (SSSR count). The minimum Gasteiger partial charge on any atom is -0.342 e. The molecule has 0 saturated carbocycles. The van der Waals surface area contributed by atoms with Crippen LogP contribution in [0.25, 0.3) is 10.2 Å². The molecule has 176 valence electrons. The van der Waals surface area contributed by atoms with Gasteiger partial charge in [0, 0.05) is 24.5 Å². The number of fused-ring (bicyclic) bond motifs is 3. The average molecular weight is 477 g/mol. The molecule has 1 fully saturated rings. The van der Waals surface area contributed by atoms with Crippen molar-refractivity contribution in [2.24, 2.45) is 0 Å². The van der Waals surface area contributed by atoms with Gasteiger partial charge in [0.25, 0.3) is 5.56 Å². The highest BCUT2D eigenvalue weighted by Crippen LogP contribution is 2.35. The van der Waals surface area contributed by atoms with Crippen molar-refractivity contribution in [2.75, 3.05) is 33.7 Å². The molecule has 0 spiro atoms. The third-order valence-corrected chi connectivity index (χ3v) is 8.84. The summed E-state index contributed by atoms with van der Waals surface area (Å²) in [5.74, 6) is 0.177. The van der Waals surface area contributed by atoms with Gasteiger partial charge in [0.1, 0.15) is 4.83 Å². The molecule has 1 atom stereocenters. The van der Waals surface area contributed by atoms with E-state index in [1.165, 1.54) is 41.5 Å². The van der Waals surface area contributed by atoms with E-state index in [9.17, 15) is 9.59 Å². The normalized spacial score (nSPS) is 18.1. The number of amides is 1. The first-order chi connectivity index (χ1) is 15.5. The van der Waals surface area contributed by atoms with Crippen molar-refractivity contribution in [3.63, 3.8) is 0 Å². The summed E-state index contributed by atoms with van der Waals surface area (Å²) >= 11 is 3.16. The van der Waals surface area contributed by atoms with Crippen molar-refractivity contribution in [2.45, 2.75) is 81.7 Å². The molecule has 1 unspecified atom stereocenters. The first-order valence-electron chi connectivity index (χ1n) is 12.1. The molecule has 0 bridgehead atoms. The Morgan fingerprint density at radius 3 is 2.56 bits per heavy atom. The standard InChI is InChI=1S/C24H36N4O2S2/c1-17(22(29)27-14-8-4-5-9-15-27)31-24-25-21-20(18-11-6-7-12-19(18)32-21)23(30)28(24)16-10-13-26(2)3/h17H,4-16H2,1-3H3. The maximum atomic E-state index is 13.7. The van der Waals surface area contributed by atoms with Gasteiger partial charge in [0.2, 0.25) is 5.91 Å². The Morgan fingerprint density at radius 2 is 1.84 bits per heavy atom. The van der Waals surface area contributed by atoms with E-state index in [2.05, 4.69) is 19.0 Å². The number of hydrogen-bond acceptors (Lipinski definition) is 6. The number of aryl methyl sites for hydroxylation is 2. The second-order valence-corrected chi connectivity index (χ2v) is 11.8. The minimum atomic E-state index is -0.243. The first kappa shape index (κ1) is 23.8. The summed E-state index contributed by atoms with van der Waals surface area (Å²) < 4.78 is 1.85. The van der Waals surface area contributed by atoms with Crippen LogP contribution in [0.5, 0.6) is 0 Å². The van der Waals surface area contributed by atoms with Crippen LogP contribution in [0.15, 0.2) is 9.95 Å². The van der Waals surface area contributed by atoms with Gasteiger partial charge in [-0.1, -0.05) is 24.6 Å². The van der Waals surface area contributed by atoms with E-state index in [0.717, 1.165) is 68.4 Å². The van der Waals surface area contributed by atoms with E-state index < -0.39 is 0 Å². The van der Waals surface area contributed by atoms with Gasteiger partial charge >= 0.3 is 0 Å². The molecule has 2 aromatic rings. The van der Waals surface area contributed by atoms with Gasteiger partial charge in [-0.15, -0.1) is 11.3 Å². The fraction of sp³-hybridized carbons (Fsp3) is 0.708. The maximum Gasteiger partial charge on any atom is 0.263 e. The fourth-order valence-corrected chi connectivity index (χ4v) is 7.13. The van der Waals surface area contributed by atoms with Crippen molar-refractivity contribution in [1.82, 2.24) is 19.4 Å². The highest BCUT2D eigenvalue weighted by Gasteiger charge is 2.26. The Balaban J connectivity index is 1.65. The number of carbonyl (C=O) groups excluding carboxylic acids is 1. The minimum absolute atomic E-state index is 0.0880. The molecule has 8 heteroatoms. The second kappa shape index (κ2) is 10.7. The number of aromatic nitrogens is 2. The molecule has 0 radical (unpaired) electrons. The van der Waals surface area contributed by atoms with Crippen LogP contribution in [-0.2, 0) is 24.2 Å². The zero-order valence-electron chi connectivity index (χ0n) is 19.7. The summed E-state index contributed by atoms with van der Waals surface area (Å²) in [7, 11) is 4.11. The number of rotatable bonds is 7. The van der Waals surface area contributed by atoms with E-state index in [4.69, 9.17) is 4.98 Å². The van der Waals surface area contributed by atoms with E-state index >= 15 is 0 Å². The molecule has 6 nitrogen and oxygen atoms in total. The van der Waals surface area contributed by atoms with Crippen LogP contribution in [0.4, 0.5) is 0 Å². The highest BCUT2D eigenvalue weighted by molar-refractivity contribution is 8.00. The molecule has 1 saturated heterocycles. The molecule has 2 aromatic heterocycles. The molecular formula is C24H36N4O2S2. The van der Waals surface area contributed by atoms with Gasteiger partial charge in [0.05, 0.1) is 10.6 Å². The zero-order valence-corrected chi connectivity index (χ0v) is 21.3. The lowest BCUT2D eigenvalue weighted by atomic mass is 9.97. The predicted molar refractivity (Wildman–Crippen MR) is 134 cm³/mol. The Kier molecular flexibility index (Phi) is 7.95. The Bertz CT molecular complexity index is 1010. The van der Waals surface area contributed by atoms with Gasteiger partial charge in [-0.2, -0.15) is 0 Å². The summed E-state index contributed by atoms with van der Waals surface area (Å²) in [5, 5.41) is 1.30. The smallest absolute Gasteiger partial charge is 0.263 e. The summed E-state index contributed by atoms with van der Waals surface area (Å²) in [6.07, 6.45) is 9.86. The van der Waals surface area contributed by atoms with Crippen LogP contribution < -0.4 is 5.56 Å². The van der Waals surface area contributed by atoms with Crippen LogP contribution in [0.2, 0.25) is 0 Å². The molecule has 2 aliphatic rings. The van der Waals surface area contributed by atoms with Gasteiger partial charge in [-0.25, -0.2) is 4.98 Å². The summed E-state index contributed by atoms with van der Waals surface area (Å²) in [5.41, 5.74) is 1.32. The number of nitrogens with zero attached hydrogens (tertiary/aromatic N) is 4. The van der Waals surface area contributed by atoms with Crippen LogP contribution in [-0.4, -0.2) is 64.2 Å². The van der Waals surface area contributed by atoms with Crippen molar-refractivity contribution < 1.29 is 4.79 Å². The number of thioether (sulfide) groups is 1. The first-order valence-corrected chi connectivity index (χ1v) is 13.8. The lowest BCUT2D eigenvalue weighted by molar-refractivity contribution is -0.130. The fourth-order valence-electron chi connectivity index (χ4n) is 4.81. The van der Waals surface area contributed by atoms with Crippen LogP contribution in [0.1, 0.15) is 62.3 Å². The lowest BCUT2D eigenvalue weighted by Gasteiger charge is -2.24. The maximum absolute atomic E-state index is 13.7. The van der Waals surface area contributed by atoms with Crippen LogP contribution in [0, 0.1) is 0 Å². The number of likely N-dealkylation sites (tertiary alicyclic amines) is 1. The zero-order chi connectivity index (χ0) is 22.7. The van der Waals surface area contributed by atoms with Crippen LogP contribution >= 0.6 is 23.1 Å². The van der Waals surface area contributed by atoms with Gasteiger partial charge < -0.3 is 9.80 Å². The van der Waals surface area contributed by atoms with Crippen molar-refractivity contribution in [3.05, 3.63) is 20.8 Å². The van der Waals surface area contributed by atoms with Gasteiger partial charge in [-0.3, -0.25) is 14.2 Å². The van der Waals surface area contributed by atoms with Crippen molar-refractivity contribution >= 4 is 39.2 Å². The third-order valence-electron chi connectivity index (χ3n) is 6.57. The van der Waals surface area contributed by atoms with E-state index in [1.54, 1.807) is 11.3 Å². The average Bonchev–Trinajstić information content (AvgIpc) is 2.93. The van der Waals surface area contributed by atoms with E-state index in [0.29, 0.717) is 11.7 Å². The summed E-state index contributed by atoms with van der Waals surface area (Å²) in [6, 6.07) is 0. The summed E-state index contributed by atoms with van der Waals surface area (Å²) in [4.78, 5) is 38.2. The molecule has 32 heavy (non-hydrogen) atoms. The summed E-state index contributed by atoms with van der Waals surface area (Å²) in [6.45, 7) is 5.22. The molecule has 1 amide bonds. The van der Waals surface area contributed by atoms with E-state index in [1.807, 2.05) is 16.4 Å². The van der Waals surface area contributed by atoms with Crippen molar-refractivity contribution in [1.29, 1.82) is 0 Å². The third kappa shape index (κ3) is 5.23. The number of hydrogen-bond donors (Lipinski definition) is 0. The number of carbonyl (C=O) groups is 1. The second-order valence-electron chi connectivity index (χ2n) is 9.40. The highest BCUT2D eigenvalue weighted by atomic mass is 32.2. The quantitative estimate of drug-likeness (QED) is 0.443. The largest absolute Gasteiger partial charge is 0.342 e. The molecule has 1 aliphatic carbocycles. The number of thiophene rings is 1. The topological polar surface area (TPSA) is 58.4 Å². The molecule has 0 aromatic carbocycles. The van der Waals surface area contributed by atoms with E-state index in [-0.39, 0.29) is 16.7 Å². The lowest BCUT2D eigenvalue weighted by Crippen LogP contribution is -2.37. The predicted octanol–water partition coefficient (Wildman–Crippen LogP) is 4.17. The molecular weight excluding hydrogens is 440 g/mol. The van der Waals surface area contributed by atoms with Crippen LogP contribution in [0.3, 0.4) is 0 Å². The SMILES string of the molecule is CC(Sc1nc2sc3c(c2c(=O)n1CCCN(C)C)CCCC3)C(=O)N1CCCCCC1. The van der Waals surface area contributed by atoms with Gasteiger partial charge in [0.15, 0.2) is 5.16 Å². The molecule has 3 heterocycles. The molecule has 0 N–H and O–H groups in total. The molecule has 1 aliphatic heterocycles. The van der Waals surface area contributed by atoms with Crippen molar-refractivity contribution in [3.8, 4) is 0 Å². The van der Waals surface area contributed by atoms with Gasteiger partial charge in [-0.05, 0) is 78.1 Å². The monoisotopic (exact) mass is 476 g/mol. The Morgan fingerprint density at radius 1 is 1.12 bits per heavy atom. The Labute approximate surface area is 199 Å².